The SMILES string of the molecule is N#Cc1ccccc1CN1CCN(Cc2nc(-c3ccccc3)c(-c3ccccc3)[nH]2)CC1. The average molecular weight is 434 g/mol. The van der Waals surface area contributed by atoms with Gasteiger partial charge in [0.25, 0.3) is 0 Å². The molecule has 0 unspecified atom stereocenters. The van der Waals surface area contributed by atoms with Gasteiger partial charge in [-0.1, -0.05) is 78.9 Å². The van der Waals surface area contributed by atoms with Crippen molar-refractivity contribution in [3.05, 3.63) is 102 Å². The van der Waals surface area contributed by atoms with Gasteiger partial charge in [-0.3, -0.25) is 9.80 Å². The molecule has 1 aromatic heterocycles. The first-order valence-electron chi connectivity index (χ1n) is 11.4. The number of hydrogen-bond acceptors (Lipinski definition) is 4. The Labute approximate surface area is 194 Å². The second-order valence-electron chi connectivity index (χ2n) is 8.46. The molecule has 0 radical (unpaired) electrons. The van der Waals surface area contributed by atoms with Crippen LogP contribution in [0.15, 0.2) is 84.9 Å². The lowest BCUT2D eigenvalue weighted by Crippen LogP contribution is -2.45. The van der Waals surface area contributed by atoms with Crippen LogP contribution in [0.3, 0.4) is 0 Å². The Morgan fingerprint density at radius 3 is 1.97 bits per heavy atom. The number of hydrogen-bond donors (Lipinski definition) is 1. The van der Waals surface area contributed by atoms with Crippen molar-refractivity contribution in [1.29, 1.82) is 5.26 Å². The predicted molar refractivity (Wildman–Crippen MR) is 131 cm³/mol. The Balaban J connectivity index is 1.29. The van der Waals surface area contributed by atoms with E-state index in [9.17, 15) is 5.26 Å². The zero-order chi connectivity index (χ0) is 22.5. The van der Waals surface area contributed by atoms with E-state index in [4.69, 9.17) is 4.98 Å². The molecular formula is C28H27N5. The summed E-state index contributed by atoms with van der Waals surface area (Å²) in [7, 11) is 0. The Morgan fingerprint density at radius 2 is 1.30 bits per heavy atom. The molecule has 164 valence electrons. The summed E-state index contributed by atoms with van der Waals surface area (Å²) < 4.78 is 0. The third-order valence-electron chi connectivity index (χ3n) is 6.23. The van der Waals surface area contributed by atoms with Crippen molar-refractivity contribution in [2.45, 2.75) is 13.1 Å². The number of H-pyrrole nitrogens is 1. The molecule has 0 amide bonds. The summed E-state index contributed by atoms with van der Waals surface area (Å²) in [5.41, 5.74) is 6.24. The van der Waals surface area contributed by atoms with Crippen LogP contribution in [0, 0.1) is 11.3 Å². The molecule has 0 saturated carbocycles. The van der Waals surface area contributed by atoms with Gasteiger partial charge in [-0.15, -0.1) is 0 Å². The standard InChI is InChI=1S/C28H27N5/c29-19-24-13-7-8-14-25(24)20-32-15-17-33(18-16-32)21-26-30-27(22-9-3-1-4-10-22)28(31-26)23-11-5-2-6-12-23/h1-14H,15-18,20-21H2,(H,30,31). The zero-order valence-corrected chi connectivity index (χ0v) is 18.6. The topological polar surface area (TPSA) is 59.0 Å². The molecule has 0 aliphatic carbocycles. The van der Waals surface area contributed by atoms with Crippen molar-refractivity contribution < 1.29 is 0 Å². The summed E-state index contributed by atoms with van der Waals surface area (Å²) >= 11 is 0. The van der Waals surface area contributed by atoms with Crippen molar-refractivity contribution in [2.24, 2.45) is 0 Å². The van der Waals surface area contributed by atoms with Gasteiger partial charge in [-0.25, -0.2) is 4.98 Å². The highest BCUT2D eigenvalue weighted by Crippen LogP contribution is 2.30. The van der Waals surface area contributed by atoms with Gasteiger partial charge in [0.05, 0.1) is 29.6 Å². The minimum atomic E-state index is 0.775. The summed E-state index contributed by atoms with van der Waals surface area (Å²) in [5, 5.41) is 9.36. The van der Waals surface area contributed by atoms with Crippen LogP contribution < -0.4 is 0 Å². The number of nitriles is 1. The second-order valence-corrected chi connectivity index (χ2v) is 8.46. The van der Waals surface area contributed by atoms with E-state index in [-0.39, 0.29) is 0 Å². The van der Waals surface area contributed by atoms with Crippen molar-refractivity contribution >= 4 is 0 Å². The van der Waals surface area contributed by atoms with Crippen LogP contribution in [0.1, 0.15) is 17.0 Å². The number of aromatic amines is 1. The first kappa shape index (κ1) is 21.1. The van der Waals surface area contributed by atoms with Gasteiger partial charge in [0, 0.05) is 43.9 Å². The molecule has 0 spiro atoms. The summed E-state index contributed by atoms with van der Waals surface area (Å²) in [6.07, 6.45) is 0. The van der Waals surface area contributed by atoms with Crippen molar-refractivity contribution in [2.75, 3.05) is 26.2 Å². The Bertz CT molecular complexity index is 1180. The van der Waals surface area contributed by atoms with Crippen LogP contribution in [-0.4, -0.2) is 45.9 Å². The molecule has 1 saturated heterocycles. The molecule has 1 fully saturated rings. The van der Waals surface area contributed by atoms with Crippen LogP contribution in [0.25, 0.3) is 22.5 Å². The minimum Gasteiger partial charge on any atom is -0.340 e. The van der Waals surface area contributed by atoms with E-state index in [1.165, 1.54) is 0 Å². The molecule has 1 aliphatic rings. The van der Waals surface area contributed by atoms with E-state index >= 15 is 0 Å². The fourth-order valence-electron chi connectivity index (χ4n) is 4.44. The third-order valence-corrected chi connectivity index (χ3v) is 6.23. The van der Waals surface area contributed by atoms with E-state index in [0.29, 0.717) is 0 Å². The quantitative estimate of drug-likeness (QED) is 0.468. The van der Waals surface area contributed by atoms with E-state index in [1.54, 1.807) is 0 Å². The van der Waals surface area contributed by atoms with Gasteiger partial charge in [-0.2, -0.15) is 5.26 Å². The summed E-state index contributed by atoms with van der Waals surface area (Å²) in [6.45, 7) is 5.56. The Kier molecular flexibility index (Phi) is 6.30. The lowest BCUT2D eigenvalue weighted by Gasteiger charge is -2.34. The minimum absolute atomic E-state index is 0.775. The van der Waals surface area contributed by atoms with Gasteiger partial charge < -0.3 is 4.98 Å². The van der Waals surface area contributed by atoms with E-state index in [0.717, 1.165) is 78.7 Å². The molecule has 0 atom stereocenters. The molecule has 1 N–H and O–H groups in total. The van der Waals surface area contributed by atoms with Gasteiger partial charge in [0.1, 0.15) is 5.82 Å². The van der Waals surface area contributed by atoms with Crippen LogP contribution in [0.2, 0.25) is 0 Å². The number of nitrogens with one attached hydrogen (secondary N) is 1. The molecule has 3 aromatic carbocycles. The fourth-order valence-corrected chi connectivity index (χ4v) is 4.44. The largest absolute Gasteiger partial charge is 0.340 e. The lowest BCUT2D eigenvalue weighted by atomic mass is 10.1. The third kappa shape index (κ3) is 4.88. The molecule has 4 aromatic rings. The first-order chi connectivity index (χ1) is 16.3. The van der Waals surface area contributed by atoms with Crippen LogP contribution in [-0.2, 0) is 13.1 Å². The zero-order valence-electron chi connectivity index (χ0n) is 18.6. The van der Waals surface area contributed by atoms with Crippen molar-refractivity contribution in [3.63, 3.8) is 0 Å². The fraction of sp³-hybridized carbons (Fsp3) is 0.214. The molecular weight excluding hydrogens is 406 g/mol. The lowest BCUT2D eigenvalue weighted by molar-refractivity contribution is 0.120. The normalized spacial score (nSPS) is 14.8. The predicted octanol–water partition coefficient (Wildman–Crippen LogP) is 4.93. The van der Waals surface area contributed by atoms with Gasteiger partial charge in [0.15, 0.2) is 0 Å². The maximum absolute atomic E-state index is 9.36. The highest BCUT2D eigenvalue weighted by molar-refractivity contribution is 5.78. The Morgan fingerprint density at radius 1 is 0.727 bits per heavy atom. The average Bonchev–Trinajstić information content (AvgIpc) is 3.30. The maximum Gasteiger partial charge on any atom is 0.121 e. The van der Waals surface area contributed by atoms with E-state index in [2.05, 4.69) is 75.5 Å². The maximum atomic E-state index is 9.36. The molecule has 33 heavy (non-hydrogen) atoms. The summed E-state index contributed by atoms with van der Waals surface area (Å²) in [4.78, 5) is 13.5. The number of piperazine rings is 1. The van der Waals surface area contributed by atoms with Gasteiger partial charge in [-0.05, 0) is 11.6 Å². The highest BCUT2D eigenvalue weighted by atomic mass is 15.3. The molecule has 1 aliphatic heterocycles. The molecule has 5 rings (SSSR count). The monoisotopic (exact) mass is 433 g/mol. The number of benzene rings is 3. The van der Waals surface area contributed by atoms with Gasteiger partial charge in [0.2, 0.25) is 0 Å². The number of imidazole rings is 1. The molecule has 5 heteroatoms. The van der Waals surface area contributed by atoms with Crippen LogP contribution >= 0.6 is 0 Å². The first-order valence-corrected chi connectivity index (χ1v) is 11.4. The second kappa shape index (κ2) is 9.83. The van der Waals surface area contributed by atoms with E-state index in [1.807, 2.05) is 30.3 Å². The molecule has 2 heterocycles. The number of rotatable bonds is 6. The number of nitrogens with zero attached hydrogens (tertiary/aromatic N) is 4. The van der Waals surface area contributed by atoms with E-state index < -0.39 is 0 Å². The Hall–Kier alpha value is -3.72. The smallest absolute Gasteiger partial charge is 0.121 e. The van der Waals surface area contributed by atoms with Crippen molar-refractivity contribution in [1.82, 2.24) is 19.8 Å². The van der Waals surface area contributed by atoms with Crippen LogP contribution in [0.4, 0.5) is 0 Å². The van der Waals surface area contributed by atoms with Gasteiger partial charge >= 0.3 is 0 Å². The van der Waals surface area contributed by atoms with Crippen molar-refractivity contribution in [3.8, 4) is 28.6 Å². The summed E-state index contributed by atoms with van der Waals surface area (Å²) in [6, 6.07) is 31.0. The molecule has 0 bridgehead atoms. The molecule has 5 nitrogen and oxygen atoms in total. The highest BCUT2D eigenvalue weighted by Gasteiger charge is 2.20. The number of aromatic nitrogens is 2. The van der Waals surface area contributed by atoms with Crippen LogP contribution in [0.5, 0.6) is 0 Å². The summed E-state index contributed by atoms with van der Waals surface area (Å²) in [5.74, 6) is 0.996.